The molecule has 1 heterocycles. The minimum atomic E-state index is 0.755. The fourth-order valence-electron chi connectivity index (χ4n) is 1.47. The summed E-state index contributed by atoms with van der Waals surface area (Å²) < 4.78 is 0. The molecule has 0 saturated carbocycles. The summed E-state index contributed by atoms with van der Waals surface area (Å²) in [5.74, 6) is 6.14. The molecule has 0 bridgehead atoms. The SMILES string of the molecule is C1#CCN(C=NCc2ccccc2)CC1. The quantitative estimate of drug-likeness (QED) is 0.411. The fourth-order valence-corrected chi connectivity index (χ4v) is 1.47. The smallest absolute Gasteiger partial charge is 0.0862 e. The first kappa shape index (κ1) is 9.79. The van der Waals surface area contributed by atoms with Gasteiger partial charge in [0.05, 0.1) is 19.4 Å². The van der Waals surface area contributed by atoms with Crippen LogP contribution < -0.4 is 0 Å². The lowest BCUT2D eigenvalue weighted by molar-refractivity contribution is 0.481. The summed E-state index contributed by atoms with van der Waals surface area (Å²) in [5, 5.41) is 0. The van der Waals surface area contributed by atoms with Gasteiger partial charge in [0.1, 0.15) is 0 Å². The van der Waals surface area contributed by atoms with Crippen LogP contribution in [0.15, 0.2) is 35.3 Å². The number of rotatable bonds is 3. The first-order chi connectivity index (χ1) is 7.45. The van der Waals surface area contributed by atoms with Gasteiger partial charge in [0, 0.05) is 13.0 Å². The Bertz CT molecular complexity index is 384. The molecule has 0 saturated heterocycles. The van der Waals surface area contributed by atoms with Crippen LogP contribution in [0.2, 0.25) is 0 Å². The molecule has 0 atom stereocenters. The highest BCUT2D eigenvalue weighted by molar-refractivity contribution is 5.56. The van der Waals surface area contributed by atoms with Crippen LogP contribution in [0, 0.1) is 11.8 Å². The van der Waals surface area contributed by atoms with Crippen molar-refractivity contribution in [3.05, 3.63) is 35.9 Å². The number of aliphatic imine (C=N–C) groups is 1. The van der Waals surface area contributed by atoms with Crippen molar-refractivity contribution < 1.29 is 0 Å². The van der Waals surface area contributed by atoms with Crippen molar-refractivity contribution >= 4 is 6.34 Å². The van der Waals surface area contributed by atoms with Crippen LogP contribution in [0.5, 0.6) is 0 Å². The highest BCUT2D eigenvalue weighted by Crippen LogP contribution is 2.00. The van der Waals surface area contributed by atoms with Gasteiger partial charge in [0.2, 0.25) is 0 Å². The molecule has 0 unspecified atom stereocenters. The number of nitrogens with zero attached hydrogens (tertiary/aromatic N) is 2. The standard InChI is InChI=1S/C13H14N2/c1-3-7-13(8-4-1)11-14-12-15-9-5-2-6-10-15/h1,3-4,7-8,12H,5,9-11H2. The van der Waals surface area contributed by atoms with Crippen molar-refractivity contribution in [2.75, 3.05) is 13.1 Å². The molecule has 0 aliphatic carbocycles. The van der Waals surface area contributed by atoms with Gasteiger partial charge in [0.25, 0.3) is 0 Å². The van der Waals surface area contributed by atoms with E-state index < -0.39 is 0 Å². The summed E-state index contributed by atoms with van der Waals surface area (Å²) in [4.78, 5) is 6.55. The maximum absolute atomic E-state index is 4.40. The normalized spacial score (nSPS) is 15.1. The van der Waals surface area contributed by atoms with Crippen molar-refractivity contribution in [3.63, 3.8) is 0 Å². The van der Waals surface area contributed by atoms with Crippen molar-refractivity contribution in [3.8, 4) is 11.8 Å². The third-order valence-electron chi connectivity index (χ3n) is 2.29. The summed E-state index contributed by atoms with van der Waals surface area (Å²) in [7, 11) is 0. The maximum Gasteiger partial charge on any atom is 0.0862 e. The molecule has 2 nitrogen and oxygen atoms in total. The van der Waals surface area contributed by atoms with E-state index in [1.165, 1.54) is 5.56 Å². The Morgan fingerprint density at radius 1 is 1.27 bits per heavy atom. The molecule has 1 aromatic carbocycles. The highest BCUT2D eigenvalue weighted by atomic mass is 15.1. The van der Waals surface area contributed by atoms with Gasteiger partial charge in [-0.1, -0.05) is 42.2 Å². The summed E-state index contributed by atoms with van der Waals surface area (Å²) in [6, 6.07) is 10.3. The molecule has 0 N–H and O–H groups in total. The van der Waals surface area contributed by atoms with E-state index >= 15 is 0 Å². The van der Waals surface area contributed by atoms with Crippen LogP contribution in [0.25, 0.3) is 0 Å². The molecular weight excluding hydrogens is 184 g/mol. The monoisotopic (exact) mass is 198 g/mol. The van der Waals surface area contributed by atoms with Crippen molar-refractivity contribution in [1.29, 1.82) is 0 Å². The fraction of sp³-hybridized carbons (Fsp3) is 0.308. The van der Waals surface area contributed by atoms with Crippen LogP contribution in [-0.4, -0.2) is 24.3 Å². The molecule has 2 rings (SSSR count). The Morgan fingerprint density at radius 2 is 2.13 bits per heavy atom. The predicted octanol–water partition coefficient (Wildman–Crippen LogP) is 1.92. The Morgan fingerprint density at radius 3 is 2.87 bits per heavy atom. The molecule has 0 fully saturated rings. The molecule has 1 aliphatic heterocycles. The lowest BCUT2D eigenvalue weighted by atomic mass is 10.2. The lowest BCUT2D eigenvalue weighted by Crippen LogP contribution is -2.25. The van der Waals surface area contributed by atoms with E-state index in [9.17, 15) is 0 Å². The van der Waals surface area contributed by atoms with E-state index in [0.29, 0.717) is 0 Å². The Kier molecular flexibility index (Phi) is 3.40. The first-order valence-corrected chi connectivity index (χ1v) is 5.19. The molecular formula is C13H14N2. The Balaban J connectivity index is 1.83. The third-order valence-corrected chi connectivity index (χ3v) is 2.29. The number of hydrogen-bond donors (Lipinski definition) is 0. The second kappa shape index (κ2) is 5.21. The molecule has 15 heavy (non-hydrogen) atoms. The molecule has 2 heteroatoms. The second-order valence-electron chi connectivity index (χ2n) is 3.52. The highest BCUT2D eigenvalue weighted by Gasteiger charge is 1.99. The van der Waals surface area contributed by atoms with Crippen LogP contribution in [0.4, 0.5) is 0 Å². The van der Waals surface area contributed by atoms with Gasteiger partial charge in [-0.25, -0.2) is 0 Å². The second-order valence-corrected chi connectivity index (χ2v) is 3.52. The van der Waals surface area contributed by atoms with Gasteiger partial charge in [-0.2, -0.15) is 0 Å². The van der Waals surface area contributed by atoms with E-state index in [0.717, 1.165) is 26.1 Å². The van der Waals surface area contributed by atoms with Gasteiger partial charge in [-0.3, -0.25) is 4.99 Å². The van der Waals surface area contributed by atoms with E-state index in [-0.39, 0.29) is 0 Å². The molecule has 76 valence electrons. The van der Waals surface area contributed by atoms with Gasteiger partial charge < -0.3 is 4.90 Å². The zero-order valence-electron chi connectivity index (χ0n) is 8.69. The van der Waals surface area contributed by atoms with E-state index in [1.807, 2.05) is 24.5 Å². The summed E-state index contributed by atoms with van der Waals surface area (Å²) in [5.41, 5.74) is 1.25. The Hall–Kier alpha value is -1.75. The van der Waals surface area contributed by atoms with E-state index in [2.05, 4.69) is 33.9 Å². The predicted molar refractivity (Wildman–Crippen MR) is 62.6 cm³/mol. The summed E-state index contributed by atoms with van der Waals surface area (Å²) in [6.45, 7) is 2.58. The van der Waals surface area contributed by atoms with Gasteiger partial charge in [0.15, 0.2) is 0 Å². The van der Waals surface area contributed by atoms with Gasteiger partial charge >= 0.3 is 0 Å². The minimum Gasteiger partial charge on any atom is -0.351 e. The number of benzene rings is 1. The van der Waals surface area contributed by atoms with Crippen molar-refractivity contribution in [2.24, 2.45) is 4.99 Å². The molecule has 0 spiro atoms. The topological polar surface area (TPSA) is 15.6 Å². The largest absolute Gasteiger partial charge is 0.351 e. The molecule has 1 aliphatic rings. The van der Waals surface area contributed by atoms with Crippen molar-refractivity contribution in [1.82, 2.24) is 4.90 Å². The number of hydrogen-bond acceptors (Lipinski definition) is 1. The van der Waals surface area contributed by atoms with Crippen molar-refractivity contribution in [2.45, 2.75) is 13.0 Å². The summed E-state index contributed by atoms with van der Waals surface area (Å²) in [6.07, 6.45) is 2.87. The molecule has 1 aromatic rings. The third kappa shape index (κ3) is 3.14. The average molecular weight is 198 g/mol. The molecule has 0 radical (unpaired) electrons. The zero-order valence-corrected chi connectivity index (χ0v) is 8.69. The van der Waals surface area contributed by atoms with Crippen LogP contribution in [0.3, 0.4) is 0 Å². The zero-order chi connectivity index (χ0) is 10.3. The first-order valence-electron chi connectivity index (χ1n) is 5.19. The maximum atomic E-state index is 4.40. The minimum absolute atomic E-state index is 0.755. The van der Waals surface area contributed by atoms with Crippen LogP contribution in [0.1, 0.15) is 12.0 Å². The molecule has 0 aromatic heterocycles. The lowest BCUT2D eigenvalue weighted by Gasteiger charge is -2.17. The van der Waals surface area contributed by atoms with Crippen LogP contribution in [-0.2, 0) is 6.54 Å². The average Bonchev–Trinajstić information content (AvgIpc) is 2.32. The van der Waals surface area contributed by atoms with E-state index in [4.69, 9.17) is 0 Å². The Labute approximate surface area is 90.6 Å². The van der Waals surface area contributed by atoms with Gasteiger partial charge in [-0.15, -0.1) is 0 Å². The van der Waals surface area contributed by atoms with E-state index in [1.54, 1.807) is 0 Å². The summed E-state index contributed by atoms with van der Waals surface area (Å²) >= 11 is 0. The van der Waals surface area contributed by atoms with Gasteiger partial charge in [-0.05, 0) is 5.56 Å². The molecule has 0 amide bonds. The van der Waals surface area contributed by atoms with Crippen LogP contribution >= 0.6 is 0 Å².